The monoisotopic (exact) mass is 272 g/mol. The maximum atomic E-state index is 14.0. The Bertz CT molecular complexity index is 514. The summed E-state index contributed by atoms with van der Waals surface area (Å²) in [6, 6.07) is 7.49. The lowest BCUT2D eigenvalue weighted by Gasteiger charge is -2.29. The number of rotatable bonds is 3. The maximum Gasteiger partial charge on any atom is 0.129 e. The molecular weight excluding hydrogens is 251 g/mol. The number of halogens is 1. The first-order chi connectivity index (χ1) is 9.78. The normalized spacial score (nSPS) is 24.1. The molecule has 1 saturated heterocycles. The van der Waals surface area contributed by atoms with Gasteiger partial charge in [0.25, 0.3) is 0 Å². The Hall–Kier alpha value is -1.40. The quantitative estimate of drug-likeness (QED) is 0.835. The molecule has 1 saturated carbocycles. The molecule has 1 aromatic carbocycles. The SMILES string of the molecule is N#Cc1ccc(CN2CCCC2C2CCCC2)c(F)c1. The van der Waals surface area contributed by atoms with Crippen molar-refractivity contribution in [2.24, 2.45) is 5.92 Å². The van der Waals surface area contributed by atoms with Crippen molar-refractivity contribution in [2.75, 3.05) is 6.54 Å². The van der Waals surface area contributed by atoms with Crippen LogP contribution in [0, 0.1) is 23.1 Å². The highest BCUT2D eigenvalue weighted by atomic mass is 19.1. The molecule has 1 atom stereocenters. The van der Waals surface area contributed by atoms with E-state index in [9.17, 15) is 4.39 Å². The molecule has 2 nitrogen and oxygen atoms in total. The van der Waals surface area contributed by atoms with Crippen molar-refractivity contribution in [1.82, 2.24) is 4.90 Å². The summed E-state index contributed by atoms with van der Waals surface area (Å²) in [6.07, 6.45) is 7.91. The molecule has 0 spiro atoms. The zero-order chi connectivity index (χ0) is 13.9. The van der Waals surface area contributed by atoms with Gasteiger partial charge in [0.15, 0.2) is 0 Å². The average molecular weight is 272 g/mol. The van der Waals surface area contributed by atoms with Crippen molar-refractivity contribution in [2.45, 2.75) is 51.1 Å². The molecule has 3 rings (SSSR count). The number of likely N-dealkylation sites (tertiary alicyclic amines) is 1. The number of hydrogen-bond acceptors (Lipinski definition) is 2. The highest BCUT2D eigenvalue weighted by molar-refractivity contribution is 5.32. The lowest BCUT2D eigenvalue weighted by Crippen LogP contribution is -2.34. The van der Waals surface area contributed by atoms with Gasteiger partial charge in [-0.25, -0.2) is 4.39 Å². The van der Waals surface area contributed by atoms with Gasteiger partial charge >= 0.3 is 0 Å². The van der Waals surface area contributed by atoms with Crippen LogP contribution in [0.3, 0.4) is 0 Å². The summed E-state index contributed by atoms with van der Waals surface area (Å²) in [7, 11) is 0. The minimum Gasteiger partial charge on any atom is -0.296 e. The van der Waals surface area contributed by atoms with Crippen LogP contribution in [0.25, 0.3) is 0 Å². The third kappa shape index (κ3) is 2.71. The standard InChI is InChI=1S/C17H21FN2/c18-16-10-13(11-19)7-8-15(16)12-20-9-3-6-17(20)14-4-1-2-5-14/h7-8,10,14,17H,1-6,9,12H2. The Balaban J connectivity index is 1.71. The minimum absolute atomic E-state index is 0.235. The lowest BCUT2D eigenvalue weighted by molar-refractivity contribution is 0.181. The molecule has 2 aliphatic rings. The van der Waals surface area contributed by atoms with Crippen LogP contribution in [0.1, 0.15) is 49.7 Å². The third-order valence-electron chi connectivity index (χ3n) is 4.91. The van der Waals surface area contributed by atoms with E-state index in [1.807, 2.05) is 6.07 Å². The van der Waals surface area contributed by atoms with E-state index in [0.717, 1.165) is 18.0 Å². The first-order valence-electron chi connectivity index (χ1n) is 7.70. The van der Waals surface area contributed by atoms with Crippen LogP contribution in [-0.4, -0.2) is 17.5 Å². The van der Waals surface area contributed by atoms with Crippen LogP contribution in [0.15, 0.2) is 18.2 Å². The van der Waals surface area contributed by atoms with Gasteiger partial charge in [-0.15, -0.1) is 0 Å². The van der Waals surface area contributed by atoms with Crippen molar-refractivity contribution in [3.63, 3.8) is 0 Å². The van der Waals surface area contributed by atoms with Crippen LogP contribution < -0.4 is 0 Å². The summed E-state index contributed by atoms with van der Waals surface area (Å²) in [6.45, 7) is 1.78. The van der Waals surface area contributed by atoms with Gasteiger partial charge < -0.3 is 0 Å². The van der Waals surface area contributed by atoms with E-state index >= 15 is 0 Å². The fourth-order valence-corrected chi connectivity index (χ4v) is 3.89. The Morgan fingerprint density at radius 1 is 1.20 bits per heavy atom. The molecule has 1 aliphatic carbocycles. The molecule has 0 bridgehead atoms. The largest absolute Gasteiger partial charge is 0.296 e. The first-order valence-corrected chi connectivity index (χ1v) is 7.70. The van der Waals surface area contributed by atoms with Crippen LogP contribution in [0.2, 0.25) is 0 Å². The zero-order valence-electron chi connectivity index (χ0n) is 11.8. The van der Waals surface area contributed by atoms with Gasteiger partial charge in [-0.3, -0.25) is 4.90 Å². The number of benzene rings is 1. The summed E-state index contributed by atoms with van der Waals surface area (Å²) >= 11 is 0. The van der Waals surface area contributed by atoms with E-state index in [0.29, 0.717) is 18.2 Å². The first kappa shape index (κ1) is 13.6. The smallest absolute Gasteiger partial charge is 0.129 e. The fourth-order valence-electron chi connectivity index (χ4n) is 3.89. The number of hydrogen-bond donors (Lipinski definition) is 0. The van der Waals surface area contributed by atoms with E-state index in [2.05, 4.69) is 4.90 Å². The Morgan fingerprint density at radius 2 is 2.00 bits per heavy atom. The van der Waals surface area contributed by atoms with Gasteiger partial charge in [-0.05, 0) is 50.3 Å². The van der Waals surface area contributed by atoms with Crippen LogP contribution in [0.4, 0.5) is 4.39 Å². The average Bonchev–Trinajstić information content (AvgIpc) is 3.11. The van der Waals surface area contributed by atoms with Crippen molar-refractivity contribution < 1.29 is 4.39 Å². The van der Waals surface area contributed by atoms with E-state index in [1.165, 1.54) is 44.6 Å². The molecule has 20 heavy (non-hydrogen) atoms. The summed E-state index contributed by atoms with van der Waals surface area (Å²) in [5, 5.41) is 8.80. The van der Waals surface area contributed by atoms with Gasteiger partial charge in [0.2, 0.25) is 0 Å². The Morgan fingerprint density at radius 3 is 2.70 bits per heavy atom. The Kier molecular flexibility index (Phi) is 4.03. The van der Waals surface area contributed by atoms with E-state index in [4.69, 9.17) is 5.26 Å². The summed E-state index contributed by atoms with van der Waals surface area (Å²) < 4.78 is 14.0. The molecule has 1 unspecified atom stereocenters. The second-order valence-corrected chi connectivity index (χ2v) is 6.14. The van der Waals surface area contributed by atoms with Crippen molar-refractivity contribution in [3.8, 4) is 6.07 Å². The van der Waals surface area contributed by atoms with Crippen LogP contribution in [0.5, 0.6) is 0 Å². The molecule has 2 fully saturated rings. The van der Waals surface area contributed by atoms with Gasteiger partial charge in [0.05, 0.1) is 11.6 Å². The van der Waals surface area contributed by atoms with Gasteiger partial charge in [-0.1, -0.05) is 18.9 Å². The summed E-state index contributed by atoms with van der Waals surface area (Å²) in [5.74, 6) is 0.583. The van der Waals surface area contributed by atoms with Crippen molar-refractivity contribution in [3.05, 3.63) is 35.1 Å². The van der Waals surface area contributed by atoms with Crippen LogP contribution >= 0.6 is 0 Å². The second-order valence-electron chi connectivity index (χ2n) is 6.14. The second kappa shape index (κ2) is 5.93. The molecule has 3 heteroatoms. The maximum absolute atomic E-state index is 14.0. The van der Waals surface area contributed by atoms with Gasteiger partial charge in [0.1, 0.15) is 5.82 Å². The van der Waals surface area contributed by atoms with Crippen molar-refractivity contribution >= 4 is 0 Å². The van der Waals surface area contributed by atoms with E-state index < -0.39 is 0 Å². The van der Waals surface area contributed by atoms with E-state index in [1.54, 1.807) is 12.1 Å². The van der Waals surface area contributed by atoms with Gasteiger partial charge in [0, 0.05) is 18.2 Å². The predicted molar refractivity (Wildman–Crippen MR) is 76.5 cm³/mol. The summed E-state index contributed by atoms with van der Waals surface area (Å²) in [4.78, 5) is 2.46. The molecule has 0 N–H and O–H groups in total. The van der Waals surface area contributed by atoms with Crippen molar-refractivity contribution in [1.29, 1.82) is 5.26 Å². The lowest BCUT2D eigenvalue weighted by atomic mass is 9.95. The zero-order valence-corrected chi connectivity index (χ0v) is 11.8. The molecule has 1 aliphatic heterocycles. The molecule has 1 aromatic rings. The minimum atomic E-state index is -0.235. The topological polar surface area (TPSA) is 27.0 Å². The Labute approximate surface area is 120 Å². The molecular formula is C17H21FN2. The van der Waals surface area contributed by atoms with E-state index in [-0.39, 0.29) is 5.82 Å². The highest BCUT2D eigenvalue weighted by Gasteiger charge is 2.33. The highest BCUT2D eigenvalue weighted by Crippen LogP contribution is 2.36. The number of nitrogens with zero attached hydrogens (tertiary/aromatic N) is 2. The molecule has 0 radical (unpaired) electrons. The fraction of sp³-hybridized carbons (Fsp3) is 0.588. The number of nitriles is 1. The molecule has 106 valence electrons. The third-order valence-corrected chi connectivity index (χ3v) is 4.91. The van der Waals surface area contributed by atoms with Gasteiger partial charge in [-0.2, -0.15) is 5.26 Å². The van der Waals surface area contributed by atoms with Crippen LogP contribution in [-0.2, 0) is 6.54 Å². The summed E-state index contributed by atoms with van der Waals surface area (Å²) in [5.41, 5.74) is 1.13. The predicted octanol–water partition coefficient (Wildman–Crippen LogP) is 3.85. The molecule has 0 aromatic heterocycles. The molecule has 1 heterocycles. The molecule has 0 amide bonds.